The third-order valence-electron chi connectivity index (χ3n) is 5.24. The molecule has 1 fully saturated rings. The summed E-state index contributed by atoms with van der Waals surface area (Å²) in [6.45, 7) is 10.4. The monoisotopic (exact) mass is 460 g/mol. The van der Waals surface area contributed by atoms with E-state index in [1.54, 1.807) is 20.8 Å². The molecule has 0 unspecified atom stereocenters. The standard InChI is InChI=1S/C24H36N4O5/c1-14(2)20(28-21(30)15(3)25-23(32)33-24(4,5)6)22(31)27-17(18-13-19(29)26-18)12-16-10-8-7-9-11-16/h7-11,14-15,17-18,20H,12-13H2,1-6H3,(H,25,32)(H,26,29)(H,27,31)(H,28,30)/t15-,17-,18-,20-/m0/s1. The van der Waals surface area contributed by atoms with Crippen LogP contribution in [0.3, 0.4) is 0 Å². The van der Waals surface area contributed by atoms with Gasteiger partial charge in [-0.05, 0) is 45.6 Å². The molecule has 9 heteroatoms. The van der Waals surface area contributed by atoms with Gasteiger partial charge in [0.15, 0.2) is 0 Å². The highest BCUT2D eigenvalue weighted by atomic mass is 16.6. The molecule has 9 nitrogen and oxygen atoms in total. The minimum Gasteiger partial charge on any atom is -0.444 e. The molecule has 0 bridgehead atoms. The summed E-state index contributed by atoms with van der Waals surface area (Å²) in [5.74, 6) is -1.09. The average Bonchev–Trinajstić information content (AvgIpc) is 2.67. The lowest BCUT2D eigenvalue weighted by Crippen LogP contribution is -2.63. The first-order chi connectivity index (χ1) is 15.4. The molecule has 0 saturated carbocycles. The van der Waals surface area contributed by atoms with Crippen molar-refractivity contribution in [3.8, 4) is 0 Å². The molecule has 1 aromatic carbocycles. The number of nitrogens with one attached hydrogen (secondary N) is 4. The number of hydrogen-bond donors (Lipinski definition) is 4. The molecule has 0 aromatic heterocycles. The van der Waals surface area contributed by atoms with Gasteiger partial charge in [0.05, 0.1) is 12.1 Å². The first-order valence-electron chi connectivity index (χ1n) is 11.3. The molecule has 33 heavy (non-hydrogen) atoms. The van der Waals surface area contributed by atoms with Crippen LogP contribution in [0.2, 0.25) is 0 Å². The van der Waals surface area contributed by atoms with Crippen molar-refractivity contribution in [3.63, 3.8) is 0 Å². The zero-order valence-corrected chi connectivity index (χ0v) is 20.2. The number of benzene rings is 1. The van der Waals surface area contributed by atoms with Gasteiger partial charge in [-0.25, -0.2) is 4.79 Å². The molecule has 182 valence electrons. The Hall–Kier alpha value is -3.10. The number of alkyl carbamates (subject to hydrolysis) is 1. The van der Waals surface area contributed by atoms with Gasteiger partial charge >= 0.3 is 6.09 Å². The van der Waals surface area contributed by atoms with E-state index in [2.05, 4.69) is 21.3 Å². The molecule has 4 amide bonds. The fraction of sp³-hybridized carbons (Fsp3) is 0.583. The number of carbonyl (C=O) groups is 4. The fourth-order valence-corrected chi connectivity index (χ4v) is 3.43. The minimum atomic E-state index is -0.889. The van der Waals surface area contributed by atoms with E-state index in [4.69, 9.17) is 4.74 Å². The Morgan fingerprint density at radius 1 is 1.03 bits per heavy atom. The molecule has 4 N–H and O–H groups in total. The molecule has 1 saturated heterocycles. The van der Waals surface area contributed by atoms with Gasteiger partial charge in [0.1, 0.15) is 17.7 Å². The lowest BCUT2D eigenvalue weighted by Gasteiger charge is -2.36. The number of amides is 4. The van der Waals surface area contributed by atoms with Crippen molar-refractivity contribution in [2.24, 2.45) is 5.92 Å². The van der Waals surface area contributed by atoms with E-state index in [0.717, 1.165) is 5.56 Å². The summed E-state index contributed by atoms with van der Waals surface area (Å²) in [4.78, 5) is 49.2. The summed E-state index contributed by atoms with van der Waals surface area (Å²) < 4.78 is 5.18. The number of β-lactam (4-membered cyclic amide) rings is 1. The predicted octanol–water partition coefficient (Wildman–Crippen LogP) is 1.66. The smallest absolute Gasteiger partial charge is 0.408 e. The van der Waals surface area contributed by atoms with Crippen LogP contribution in [0, 0.1) is 5.92 Å². The fourth-order valence-electron chi connectivity index (χ4n) is 3.43. The van der Waals surface area contributed by atoms with E-state index in [1.165, 1.54) is 6.92 Å². The summed E-state index contributed by atoms with van der Waals surface area (Å²) in [5, 5.41) is 11.0. The van der Waals surface area contributed by atoms with Gasteiger partial charge in [0.2, 0.25) is 17.7 Å². The molecular formula is C24H36N4O5. The van der Waals surface area contributed by atoms with Crippen molar-refractivity contribution >= 4 is 23.8 Å². The molecule has 0 aliphatic carbocycles. The molecular weight excluding hydrogens is 424 g/mol. The molecule has 1 aromatic rings. The zero-order chi connectivity index (χ0) is 24.8. The highest BCUT2D eigenvalue weighted by molar-refractivity contribution is 5.91. The van der Waals surface area contributed by atoms with Gasteiger partial charge in [0.25, 0.3) is 0 Å². The topological polar surface area (TPSA) is 126 Å². The average molecular weight is 461 g/mol. The van der Waals surface area contributed by atoms with Crippen LogP contribution in [0.1, 0.15) is 53.5 Å². The summed E-state index contributed by atoms with van der Waals surface area (Å²) in [6, 6.07) is 7.50. The first-order valence-corrected chi connectivity index (χ1v) is 11.3. The van der Waals surface area contributed by atoms with Crippen molar-refractivity contribution in [1.82, 2.24) is 21.3 Å². The maximum Gasteiger partial charge on any atom is 0.408 e. The van der Waals surface area contributed by atoms with Gasteiger partial charge in [-0.1, -0.05) is 44.2 Å². The second kappa shape index (κ2) is 11.2. The molecule has 1 aliphatic rings. The van der Waals surface area contributed by atoms with Crippen molar-refractivity contribution in [2.75, 3.05) is 0 Å². The van der Waals surface area contributed by atoms with Crippen molar-refractivity contribution in [1.29, 1.82) is 0 Å². The second-order valence-corrected chi connectivity index (χ2v) is 9.78. The second-order valence-electron chi connectivity index (χ2n) is 9.78. The Morgan fingerprint density at radius 3 is 2.15 bits per heavy atom. The van der Waals surface area contributed by atoms with E-state index in [0.29, 0.717) is 12.8 Å². The Kier molecular flexibility index (Phi) is 8.84. The van der Waals surface area contributed by atoms with E-state index in [-0.39, 0.29) is 29.8 Å². The molecule has 1 heterocycles. The number of ether oxygens (including phenoxy) is 1. The van der Waals surface area contributed by atoms with E-state index >= 15 is 0 Å². The normalized spacial score (nSPS) is 18.3. The van der Waals surface area contributed by atoms with Crippen LogP contribution in [0.5, 0.6) is 0 Å². The lowest BCUT2D eigenvalue weighted by atomic mass is 9.91. The van der Waals surface area contributed by atoms with Crippen molar-refractivity contribution in [2.45, 2.75) is 84.2 Å². The molecule has 0 radical (unpaired) electrons. The zero-order valence-electron chi connectivity index (χ0n) is 20.2. The molecule has 1 aliphatic heterocycles. The SMILES string of the molecule is CC(C)[C@H](NC(=O)[C@H](C)NC(=O)OC(C)(C)C)C(=O)N[C@@H](Cc1ccccc1)[C@@H]1CC(=O)N1. The quantitative estimate of drug-likeness (QED) is 0.417. The van der Waals surface area contributed by atoms with E-state index in [9.17, 15) is 19.2 Å². The Balaban J connectivity index is 2.02. The van der Waals surface area contributed by atoms with Crippen molar-refractivity contribution in [3.05, 3.63) is 35.9 Å². The predicted molar refractivity (Wildman–Crippen MR) is 124 cm³/mol. The summed E-state index contributed by atoms with van der Waals surface area (Å²) in [7, 11) is 0. The van der Waals surface area contributed by atoms with Crippen LogP contribution in [0.25, 0.3) is 0 Å². The highest BCUT2D eigenvalue weighted by Crippen LogP contribution is 2.15. The number of hydrogen-bond acceptors (Lipinski definition) is 5. The van der Waals surface area contributed by atoms with Crippen LogP contribution in [0.4, 0.5) is 4.79 Å². The van der Waals surface area contributed by atoms with Crippen LogP contribution >= 0.6 is 0 Å². The van der Waals surface area contributed by atoms with Crippen LogP contribution < -0.4 is 21.3 Å². The maximum absolute atomic E-state index is 13.1. The molecule has 4 atom stereocenters. The van der Waals surface area contributed by atoms with Gasteiger partial charge in [-0.2, -0.15) is 0 Å². The molecule has 0 spiro atoms. The largest absolute Gasteiger partial charge is 0.444 e. The summed E-state index contributed by atoms with van der Waals surface area (Å²) in [5.41, 5.74) is 0.343. The van der Waals surface area contributed by atoms with E-state index in [1.807, 2.05) is 44.2 Å². The van der Waals surface area contributed by atoms with Gasteiger partial charge in [-0.3, -0.25) is 14.4 Å². The van der Waals surface area contributed by atoms with Crippen LogP contribution in [-0.4, -0.2) is 53.6 Å². The Bertz CT molecular complexity index is 842. The number of rotatable bonds is 9. The highest BCUT2D eigenvalue weighted by Gasteiger charge is 2.36. The Labute approximate surface area is 195 Å². The molecule has 2 rings (SSSR count). The summed E-state index contributed by atoms with van der Waals surface area (Å²) in [6.07, 6.45) is 0.180. The van der Waals surface area contributed by atoms with Gasteiger partial charge < -0.3 is 26.0 Å². The van der Waals surface area contributed by atoms with Crippen LogP contribution in [0.15, 0.2) is 30.3 Å². The number of carbonyl (C=O) groups excluding carboxylic acids is 4. The first kappa shape index (κ1) is 26.2. The lowest BCUT2D eigenvalue weighted by molar-refractivity contribution is -0.133. The summed E-state index contributed by atoms with van der Waals surface area (Å²) >= 11 is 0. The van der Waals surface area contributed by atoms with Crippen LogP contribution in [-0.2, 0) is 25.5 Å². The maximum atomic E-state index is 13.1. The Morgan fingerprint density at radius 2 is 1.64 bits per heavy atom. The van der Waals surface area contributed by atoms with Gasteiger partial charge in [0, 0.05) is 6.42 Å². The van der Waals surface area contributed by atoms with E-state index < -0.39 is 29.7 Å². The third kappa shape index (κ3) is 8.40. The van der Waals surface area contributed by atoms with Gasteiger partial charge in [-0.15, -0.1) is 0 Å². The third-order valence-corrected chi connectivity index (χ3v) is 5.24. The minimum absolute atomic E-state index is 0.0527. The van der Waals surface area contributed by atoms with Crippen molar-refractivity contribution < 1.29 is 23.9 Å².